The SMILES string of the molecule is CCOc1ccc(S(=O)(=O)Nc2ccccc2C(=O)OC(C)C(=O)N2CC(C)OC(C)C2)cc1. The number of ether oxygens (including phenoxy) is 3. The Hall–Kier alpha value is -3.11. The molecule has 1 aliphatic heterocycles. The monoisotopic (exact) mass is 490 g/mol. The molecule has 3 rings (SSSR count). The van der Waals surface area contributed by atoms with Crippen LogP contribution in [0.2, 0.25) is 0 Å². The minimum atomic E-state index is -3.98. The van der Waals surface area contributed by atoms with Gasteiger partial charge in [0.25, 0.3) is 15.9 Å². The smallest absolute Gasteiger partial charge is 0.341 e. The van der Waals surface area contributed by atoms with Crippen molar-refractivity contribution in [1.29, 1.82) is 0 Å². The first kappa shape index (κ1) is 25.5. The third-order valence-electron chi connectivity index (χ3n) is 5.20. The predicted octanol–water partition coefficient (Wildman–Crippen LogP) is 3.07. The molecule has 0 bridgehead atoms. The number of amides is 1. The molecule has 184 valence electrons. The Bertz CT molecular complexity index is 1110. The summed E-state index contributed by atoms with van der Waals surface area (Å²) in [4.78, 5) is 27.3. The second-order valence-corrected chi connectivity index (χ2v) is 9.79. The van der Waals surface area contributed by atoms with Crippen molar-refractivity contribution < 1.29 is 32.2 Å². The number of nitrogens with zero attached hydrogens (tertiary/aromatic N) is 1. The highest BCUT2D eigenvalue weighted by molar-refractivity contribution is 7.92. The van der Waals surface area contributed by atoms with Gasteiger partial charge in [-0.05, 0) is 64.1 Å². The molecule has 1 N–H and O–H groups in total. The second-order valence-electron chi connectivity index (χ2n) is 8.10. The topological polar surface area (TPSA) is 111 Å². The van der Waals surface area contributed by atoms with Crippen molar-refractivity contribution in [2.45, 2.75) is 50.9 Å². The number of carbonyl (C=O) groups is 2. The largest absolute Gasteiger partial charge is 0.494 e. The molecule has 3 unspecified atom stereocenters. The third kappa shape index (κ3) is 6.27. The van der Waals surface area contributed by atoms with E-state index < -0.39 is 22.1 Å². The molecule has 1 aliphatic rings. The fraction of sp³-hybridized carbons (Fsp3) is 0.417. The molecule has 9 nitrogen and oxygen atoms in total. The summed E-state index contributed by atoms with van der Waals surface area (Å²) in [7, 11) is -3.98. The van der Waals surface area contributed by atoms with E-state index in [9.17, 15) is 18.0 Å². The van der Waals surface area contributed by atoms with Crippen LogP contribution in [0, 0.1) is 0 Å². The van der Waals surface area contributed by atoms with E-state index in [1.165, 1.54) is 31.2 Å². The van der Waals surface area contributed by atoms with Gasteiger partial charge in [-0.15, -0.1) is 0 Å². The summed E-state index contributed by atoms with van der Waals surface area (Å²) >= 11 is 0. The van der Waals surface area contributed by atoms with Gasteiger partial charge < -0.3 is 19.1 Å². The molecule has 2 aromatic carbocycles. The van der Waals surface area contributed by atoms with E-state index in [1.807, 2.05) is 20.8 Å². The van der Waals surface area contributed by atoms with Crippen molar-refractivity contribution in [3.05, 3.63) is 54.1 Å². The molecular formula is C24H30N2O7S. The highest BCUT2D eigenvalue weighted by atomic mass is 32.2. The third-order valence-corrected chi connectivity index (χ3v) is 6.58. The van der Waals surface area contributed by atoms with Crippen molar-refractivity contribution >= 4 is 27.6 Å². The fourth-order valence-electron chi connectivity index (χ4n) is 3.72. The van der Waals surface area contributed by atoms with Gasteiger partial charge in [-0.2, -0.15) is 0 Å². The first-order valence-electron chi connectivity index (χ1n) is 11.1. The number of carbonyl (C=O) groups excluding carboxylic acids is 2. The van der Waals surface area contributed by atoms with E-state index in [4.69, 9.17) is 14.2 Å². The van der Waals surface area contributed by atoms with Crippen molar-refractivity contribution in [2.75, 3.05) is 24.4 Å². The van der Waals surface area contributed by atoms with Gasteiger partial charge in [0, 0.05) is 13.1 Å². The van der Waals surface area contributed by atoms with Gasteiger partial charge in [0.05, 0.1) is 35.0 Å². The molecule has 10 heteroatoms. The Morgan fingerprint density at radius 2 is 1.71 bits per heavy atom. The van der Waals surface area contributed by atoms with E-state index in [0.717, 1.165) is 0 Å². The predicted molar refractivity (Wildman–Crippen MR) is 126 cm³/mol. The van der Waals surface area contributed by atoms with Crippen molar-refractivity contribution in [3.8, 4) is 5.75 Å². The molecule has 1 saturated heterocycles. The van der Waals surface area contributed by atoms with Crippen LogP contribution in [0.5, 0.6) is 5.75 Å². The summed E-state index contributed by atoms with van der Waals surface area (Å²) in [5, 5.41) is 0. The lowest BCUT2D eigenvalue weighted by Gasteiger charge is -2.36. The van der Waals surface area contributed by atoms with Crippen LogP contribution in [-0.4, -0.2) is 63.2 Å². The summed E-state index contributed by atoms with van der Waals surface area (Å²) in [6.45, 7) is 8.35. The lowest BCUT2D eigenvalue weighted by molar-refractivity contribution is -0.151. The molecule has 1 fully saturated rings. The Labute approximate surface area is 200 Å². The number of sulfonamides is 1. The van der Waals surface area contributed by atoms with Gasteiger partial charge in [-0.25, -0.2) is 13.2 Å². The summed E-state index contributed by atoms with van der Waals surface area (Å²) in [5.74, 6) is -0.587. The van der Waals surface area contributed by atoms with Crippen LogP contribution in [0.1, 0.15) is 38.1 Å². The fourth-order valence-corrected chi connectivity index (χ4v) is 4.80. The molecule has 2 aromatic rings. The maximum Gasteiger partial charge on any atom is 0.341 e. The zero-order valence-corrected chi connectivity index (χ0v) is 20.5. The first-order chi connectivity index (χ1) is 16.1. The van der Waals surface area contributed by atoms with Crippen molar-refractivity contribution in [1.82, 2.24) is 4.90 Å². The molecule has 1 heterocycles. The summed E-state index contributed by atoms with van der Waals surface area (Å²) in [6, 6.07) is 12.0. The molecule has 0 spiro atoms. The van der Waals surface area contributed by atoms with E-state index in [0.29, 0.717) is 25.4 Å². The zero-order valence-electron chi connectivity index (χ0n) is 19.7. The van der Waals surface area contributed by atoms with Crippen LogP contribution >= 0.6 is 0 Å². The molecule has 34 heavy (non-hydrogen) atoms. The van der Waals surface area contributed by atoms with Crippen LogP contribution in [0.3, 0.4) is 0 Å². The van der Waals surface area contributed by atoms with Crippen LogP contribution < -0.4 is 9.46 Å². The van der Waals surface area contributed by atoms with Crippen molar-refractivity contribution in [3.63, 3.8) is 0 Å². The number of para-hydroxylation sites is 1. The van der Waals surface area contributed by atoms with Crippen molar-refractivity contribution in [2.24, 2.45) is 0 Å². The molecule has 0 aromatic heterocycles. The Morgan fingerprint density at radius 3 is 2.32 bits per heavy atom. The normalized spacial score (nSPS) is 19.2. The number of esters is 1. The highest BCUT2D eigenvalue weighted by Gasteiger charge is 2.31. The van der Waals surface area contributed by atoms with Gasteiger partial charge in [0.2, 0.25) is 0 Å². The maximum absolute atomic E-state index is 12.9. The van der Waals surface area contributed by atoms with E-state index in [2.05, 4.69) is 4.72 Å². The Balaban J connectivity index is 1.72. The Morgan fingerprint density at radius 1 is 1.09 bits per heavy atom. The quantitative estimate of drug-likeness (QED) is 0.566. The number of hydrogen-bond acceptors (Lipinski definition) is 7. The standard InChI is InChI=1S/C24H30N2O7S/c1-5-31-19-10-12-20(13-11-19)34(29,30)25-22-9-7-6-8-21(22)24(28)33-18(4)23(27)26-14-16(2)32-17(3)15-26/h6-13,16-18,25H,5,14-15H2,1-4H3. The minimum absolute atomic E-state index is 0.000347. The van der Waals surface area contributed by atoms with Gasteiger partial charge in [-0.3, -0.25) is 9.52 Å². The molecule has 0 aliphatic carbocycles. The lowest BCUT2D eigenvalue weighted by atomic mass is 10.2. The summed E-state index contributed by atoms with van der Waals surface area (Å²) in [5.41, 5.74) is 0.0509. The number of benzene rings is 2. The van der Waals surface area contributed by atoms with Gasteiger partial charge >= 0.3 is 5.97 Å². The maximum atomic E-state index is 12.9. The average molecular weight is 491 g/mol. The highest BCUT2D eigenvalue weighted by Crippen LogP contribution is 2.23. The number of morpholine rings is 1. The molecular weight excluding hydrogens is 460 g/mol. The molecule has 1 amide bonds. The van der Waals surface area contributed by atoms with Crippen LogP contribution in [0.25, 0.3) is 0 Å². The van der Waals surface area contributed by atoms with Crippen LogP contribution in [-0.2, 0) is 24.3 Å². The van der Waals surface area contributed by atoms with E-state index >= 15 is 0 Å². The molecule has 0 radical (unpaired) electrons. The summed E-state index contributed by atoms with van der Waals surface area (Å²) < 4.78 is 44.5. The lowest BCUT2D eigenvalue weighted by Crippen LogP contribution is -2.51. The van der Waals surface area contributed by atoms with Gasteiger partial charge in [0.15, 0.2) is 6.10 Å². The summed E-state index contributed by atoms with van der Waals surface area (Å²) in [6.07, 6.45) is -1.28. The number of rotatable bonds is 8. The number of anilines is 1. The second kappa shape index (κ2) is 10.9. The average Bonchev–Trinajstić information content (AvgIpc) is 2.78. The Kier molecular flexibility index (Phi) is 8.16. The molecule has 0 saturated carbocycles. The van der Waals surface area contributed by atoms with E-state index in [1.54, 1.807) is 29.2 Å². The van der Waals surface area contributed by atoms with Crippen LogP contribution in [0.4, 0.5) is 5.69 Å². The van der Waals surface area contributed by atoms with E-state index in [-0.39, 0.29) is 34.3 Å². The molecule has 3 atom stereocenters. The number of nitrogens with one attached hydrogen (secondary N) is 1. The number of hydrogen-bond donors (Lipinski definition) is 1. The van der Waals surface area contributed by atoms with Crippen LogP contribution in [0.15, 0.2) is 53.4 Å². The van der Waals surface area contributed by atoms with Gasteiger partial charge in [-0.1, -0.05) is 12.1 Å². The minimum Gasteiger partial charge on any atom is -0.494 e. The van der Waals surface area contributed by atoms with Gasteiger partial charge in [0.1, 0.15) is 5.75 Å². The zero-order chi connectivity index (χ0) is 24.9. The first-order valence-corrected chi connectivity index (χ1v) is 12.6.